The molecule has 1 aromatic rings. The van der Waals surface area contributed by atoms with Crippen molar-refractivity contribution in [1.29, 1.82) is 0 Å². The number of nitrogens with one attached hydrogen (secondary N) is 1. The van der Waals surface area contributed by atoms with Crippen molar-refractivity contribution in [2.24, 2.45) is 5.73 Å². The second-order valence-electron chi connectivity index (χ2n) is 4.77. The molecule has 0 spiro atoms. The quantitative estimate of drug-likeness (QED) is 0.820. The number of nitrogens with zero attached hydrogens (tertiary/aromatic N) is 1. The topological polar surface area (TPSA) is 58.4 Å². The molecule has 2 rings (SSSR count). The average Bonchev–Trinajstić information content (AvgIpc) is 2.40. The van der Waals surface area contributed by atoms with Gasteiger partial charge < -0.3 is 5.73 Å². The first-order valence-corrected chi connectivity index (χ1v) is 6.99. The summed E-state index contributed by atoms with van der Waals surface area (Å²) >= 11 is 5.04. The maximum Gasteiger partial charge on any atom is 0.248 e. The van der Waals surface area contributed by atoms with E-state index in [9.17, 15) is 4.79 Å². The molecule has 1 fully saturated rings. The Balaban J connectivity index is 2.06. The van der Waals surface area contributed by atoms with Crippen molar-refractivity contribution in [2.75, 3.05) is 13.1 Å². The fourth-order valence-corrected chi connectivity index (χ4v) is 2.56. The smallest absolute Gasteiger partial charge is 0.248 e. The predicted molar refractivity (Wildman–Crippen MR) is 79.5 cm³/mol. The molecule has 3 N–H and O–H groups in total. The first kappa shape index (κ1) is 14.0. The highest BCUT2D eigenvalue weighted by molar-refractivity contribution is 7.80. The van der Waals surface area contributed by atoms with Gasteiger partial charge in [0, 0.05) is 13.1 Å². The van der Waals surface area contributed by atoms with E-state index in [1.165, 1.54) is 6.42 Å². The predicted octanol–water partition coefficient (Wildman–Crippen LogP) is 1.57. The Morgan fingerprint density at radius 1 is 1.21 bits per heavy atom. The molecule has 1 atom stereocenters. The van der Waals surface area contributed by atoms with Gasteiger partial charge in [-0.3, -0.25) is 10.2 Å². The van der Waals surface area contributed by atoms with Crippen LogP contribution in [0.1, 0.15) is 30.7 Å². The van der Waals surface area contributed by atoms with Gasteiger partial charge in [0.15, 0.2) is 0 Å². The van der Waals surface area contributed by atoms with Crippen molar-refractivity contribution in [3.05, 3.63) is 35.9 Å². The van der Waals surface area contributed by atoms with Crippen molar-refractivity contribution in [3.8, 4) is 0 Å². The maximum absolute atomic E-state index is 12.3. The van der Waals surface area contributed by atoms with E-state index in [-0.39, 0.29) is 10.9 Å². The van der Waals surface area contributed by atoms with E-state index in [0.717, 1.165) is 31.5 Å². The summed E-state index contributed by atoms with van der Waals surface area (Å²) in [4.78, 5) is 12.5. The lowest BCUT2D eigenvalue weighted by Gasteiger charge is -2.28. The molecule has 1 saturated heterocycles. The normalized spacial score (nSPS) is 17.7. The van der Waals surface area contributed by atoms with Crippen LogP contribution < -0.4 is 11.2 Å². The molecule has 1 unspecified atom stereocenters. The van der Waals surface area contributed by atoms with Crippen molar-refractivity contribution >= 4 is 23.1 Å². The summed E-state index contributed by atoms with van der Waals surface area (Å²) in [6.07, 6.45) is 3.45. The van der Waals surface area contributed by atoms with Gasteiger partial charge in [0.05, 0.1) is 4.99 Å². The lowest BCUT2D eigenvalue weighted by molar-refractivity contribution is -0.126. The highest BCUT2D eigenvalue weighted by Gasteiger charge is 2.25. The number of carbonyl (C=O) groups is 1. The molecule has 1 aliphatic rings. The fraction of sp³-hybridized carbons (Fsp3) is 0.429. The monoisotopic (exact) mass is 277 g/mol. The molecule has 0 radical (unpaired) electrons. The Morgan fingerprint density at radius 3 is 2.42 bits per heavy atom. The lowest BCUT2D eigenvalue weighted by atomic mass is 9.98. The van der Waals surface area contributed by atoms with Gasteiger partial charge in [0.25, 0.3) is 0 Å². The number of piperidine rings is 1. The maximum atomic E-state index is 12.3. The summed E-state index contributed by atoms with van der Waals surface area (Å²) in [6, 6.07) is 9.42. The minimum atomic E-state index is -0.557. The molecule has 4 nitrogen and oxygen atoms in total. The van der Waals surface area contributed by atoms with Gasteiger partial charge in [-0.1, -0.05) is 49.0 Å². The van der Waals surface area contributed by atoms with Crippen LogP contribution in [0.2, 0.25) is 0 Å². The summed E-state index contributed by atoms with van der Waals surface area (Å²) in [5.41, 5.74) is 9.49. The molecule has 1 aromatic carbocycles. The fourth-order valence-electron chi connectivity index (χ4n) is 2.32. The summed E-state index contributed by atoms with van der Waals surface area (Å²) < 4.78 is 0. The van der Waals surface area contributed by atoms with Crippen LogP contribution in [0.15, 0.2) is 30.3 Å². The Morgan fingerprint density at radius 2 is 1.84 bits per heavy atom. The average molecular weight is 277 g/mol. The van der Waals surface area contributed by atoms with Crippen molar-refractivity contribution in [2.45, 2.75) is 25.2 Å². The molecule has 1 amide bonds. The van der Waals surface area contributed by atoms with E-state index in [4.69, 9.17) is 18.0 Å². The third-order valence-corrected chi connectivity index (χ3v) is 3.54. The number of rotatable bonds is 4. The zero-order chi connectivity index (χ0) is 13.7. The number of hydrogen-bond acceptors (Lipinski definition) is 3. The molecule has 102 valence electrons. The highest BCUT2D eigenvalue weighted by atomic mass is 32.1. The zero-order valence-corrected chi connectivity index (χ0v) is 11.7. The standard InChI is InChI=1S/C14H19N3OS/c15-13(19)12(11-7-3-1-4-8-11)14(18)16-17-9-5-2-6-10-17/h1,3-4,7-8,12H,2,5-6,9-10H2,(H2,15,19)(H,16,18). The molecular weight excluding hydrogens is 258 g/mol. The molecule has 0 aromatic heterocycles. The Labute approximate surface area is 118 Å². The van der Waals surface area contributed by atoms with Crippen LogP contribution >= 0.6 is 12.2 Å². The van der Waals surface area contributed by atoms with E-state index in [1.54, 1.807) is 0 Å². The minimum absolute atomic E-state index is 0.138. The number of hydrogen-bond donors (Lipinski definition) is 2. The molecule has 0 saturated carbocycles. The number of hydrazine groups is 1. The van der Waals surface area contributed by atoms with Crippen LogP contribution in [-0.2, 0) is 4.79 Å². The molecule has 1 aliphatic heterocycles. The van der Waals surface area contributed by atoms with E-state index in [2.05, 4.69) is 5.43 Å². The van der Waals surface area contributed by atoms with E-state index >= 15 is 0 Å². The molecule has 0 aliphatic carbocycles. The summed E-state index contributed by atoms with van der Waals surface area (Å²) in [5.74, 6) is -0.696. The molecule has 0 bridgehead atoms. The third kappa shape index (κ3) is 3.75. The largest absolute Gasteiger partial charge is 0.392 e. The van der Waals surface area contributed by atoms with Crippen LogP contribution in [0, 0.1) is 0 Å². The Kier molecular flexibility index (Phi) is 4.87. The van der Waals surface area contributed by atoms with Crippen molar-refractivity contribution < 1.29 is 4.79 Å². The summed E-state index contributed by atoms with van der Waals surface area (Å²) in [6.45, 7) is 1.79. The van der Waals surface area contributed by atoms with Gasteiger partial charge in [0.2, 0.25) is 5.91 Å². The summed E-state index contributed by atoms with van der Waals surface area (Å²) in [5, 5.41) is 1.96. The Bertz CT molecular complexity index is 443. The van der Waals surface area contributed by atoms with Crippen LogP contribution in [0.5, 0.6) is 0 Å². The first-order valence-electron chi connectivity index (χ1n) is 6.58. The third-order valence-electron chi connectivity index (χ3n) is 3.30. The van der Waals surface area contributed by atoms with Gasteiger partial charge in [-0.2, -0.15) is 0 Å². The van der Waals surface area contributed by atoms with Gasteiger partial charge in [0.1, 0.15) is 5.92 Å². The number of benzene rings is 1. The number of thiocarbonyl (C=S) groups is 1. The Hall–Kier alpha value is -1.46. The molecular formula is C14H19N3OS. The SMILES string of the molecule is NC(=S)C(C(=O)NN1CCCCC1)c1ccccc1. The molecule has 5 heteroatoms. The summed E-state index contributed by atoms with van der Waals surface area (Å²) in [7, 11) is 0. The zero-order valence-electron chi connectivity index (χ0n) is 10.8. The second kappa shape index (κ2) is 6.63. The van der Waals surface area contributed by atoms with Gasteiger partial charge >= 0.3 is 0 Å². The van der Waals surface area contributed by atoms with Gasteiger partial charge in [-0.05, 0) is 18.4 Å². The van der Waals surface area contributed by atoms with Crippen LogP contribution in [0.25, 0.3) is 0 Å². The van der Waals surface area contributed by atoms with Crippen LogP contribution in [-0.4, -0.2) is 29.0 Å². The minimum Gasteiger partial charge on any atom is -0.392 e. The van der Waals surface area contributed by atoms with Gasteiger partial charge in [-0.15, -0.1) is 0 Å². The molecule has 19 heavy (non-hydrogen) atoms. The van der Waals surface area contributed by atoms with E-state index in [1.807, 2.05) is 35.3 Å². The lowest BCUT2D eigenvalue weighted by Crippen LogP contribution is -2.48. The number of amides is 1. The van der Waals surface area contributed by atoms with Crippen molar-refractivity contribution in [3.63, 3.8) is 0 Å². The molecule has 1 heterocycles. The number of nitrogens with two attached hydrogens (primary N) is 1. The van der Waals surface area contributed by atoms with Crippen molar-refractivity contribution in [1.82, 2.24) is 10.4 Å². The number of carbonyl (C=O) groups excluding carboxylic acids is 1. The first-order chi connectivity index (χ1) is 9.18. The van der Waals surface area contributed by atoms with E-state index in [0.29, 0.717) is 0 Å². The van der Waals surface area contributed by atoms with Crippen LogP contribution in [0.4, 0.5) is 0 Å². The van der Waals surface area contributed by atoms with E-state index < -0.39 is 5.92 Å². The second-order valence-corrected chi connectivity index (χ2v) is 5.24. The van der Waals surface area contributed by atoms with Crippen LogP contribution in [0.3, 0.4) is 0 Å². The highest BCUT2D eigenvalue weighted by Crippen LogP contribution is 2.17. The van der Waals surface area contributed by atoms with Gasteiger partial charge in [-0.25, -0.2) is 5.01 Å².